The highest BCUT2D eigenvalue weighted by molar-refractivity contribution is 6.10. The standard InChI is InChI=1S/C30H27N3/c1-20-16-29-26(25-14-8-9-15-27(25)33(29)23-11-4-3-5-12-23)17-28(20)32-21(2)31-18-22-10-6-7-13-24(22)30(32)19-31/h3-17,21,30H,18-19H2,1-2H3/t21-,30?/m0/s1. The highest BCUT2D eigenvalue weighted by Gasteiger charge is 2.42. The Bertz CT molecular complexity index is 1510. The number of anilines is 1. The van der Waals surface area contributed by atoms with Crippen molar-refractivity contribution in [2.45, 2.75) is 32.6 Å². The minimum Gasteiger partial charge on any atom is -0.347 e. The summed E-state index contributed by atoms with van der Waals surface area (Å²) < 4.78 is 2.41. The molecule has 162 valence electrons. The molecule has 1 fully saturated rings. The number of hydrogen-bond acceptors (Lipinski definition) is 2. The molecule has 2 unspecified atom stereocenters. The molecule has 0 saturated carbocycles. The van der Waals surface area contributed by atoms with E-state index in [1.54, 1.807) is 0 Å². The van der Waals surface area contributed by atoms with Crippen LogP contribution in [0.4, 0.5) is 5.69 Å². The maximum absolute atomic E-state index is 2.66. The summed E-state index contributed by atoms with van der Waals surface area (Å²) in [5, 5.41) is 2.64. The lowest BCUT2D eigenvalue weighted by molar-refractivity contribution is 0.252. The van der Waals surface area contributed by atoms with Crippen molar-refractivity contribution in [2.75, 3.05) is 11.4 Å². The van der Waals surface area contributed by atoms with Gasteiger partial charge in [0.15, 0.2) is 0 Å². The van der Waals surface area contributed by atoms with Crippen molar-refractivity contribution in [3.63, 3.8) is 0 Å². The Hall–Kier alpha value is -3.56. The Kier molecular flexibility index (Phi) is 4.00. The van der Waals surface area contributed by atoms with Gasteiger partial charge in [-0.05, 0) is 60.9 Å². The summed E-state index contributed by atoms with van der Waals surface area (Å²) >= 11 is 0. The lowest BCUT2D eigenvalue weighted by Gasteiger charge is -2.31. The third-order valence-electron chi connectivity index (χ3n) is 7.74. The molecule has 1 saturated heterocycles. The molecule has 0 N–H and O–H groups in total. The fourth-order valence-corrected chi connectivity index (χ4v) is 6.18. The number of aryl methyl sites for hydroxylation is 1. The van der Waals surface area contributed by atoms with Crippen molar-refractivity contribution in [2.24, 2.45) is 0 Å². The summed E-state index contributed by atoms with van der Waals surface area (Å²) in [7, 11) is 0. The van der Waals surface area contributed by atoms with E-state index in [4.69, 9.17) is 0 Å². The molecule has 7 rings (SSSR count). The van der Waals surface area contributed by atoms with Crippen molar-refractivity contribution >= 4 is 27.5 Å². The summed E-state index contributed by atoms with van der Waals surface area (Å²) in [5.74, 6) is 0. The third kappa shape index (κ3) is 2.66. The van der Waals surface area contributed by atoms with Crippen LogP contribution >= 0.6 is 0 Å². The van der Waals surface area contributed by atoms with Crippen LogP contribution in [0.15, 0.2) is 91.0 Å². The molecular formula is C30H27N3. The van der Waals surface area contributed by atoms with Crippen molar-refractivity contribution in [3.05, 3.63) is 108 Å². The first-order chi connectivity index (χ1) is 16.2. The SMILES string of the molecule is Cc1cc2c(cc1N1C3CN(Cc4ccccc43)[C@@H]1C)c1ccccc1n2-c1ccccc1. The van der Waals surface area contributed by atoms with Gasteiger partial charge < -0.3 is 9.47 Å². The number of nitrogens with zero attached hydrogens (tertiary/aromatic N) is 3. The summed E-state index contributed by atoms with van der Waals surface area (Å²) in [5.41, 5.74) is 9.40. The van der Waals surface area contributed by atoms with E-state index in [1.807, 2.05) is 0 Å². The predicted molar refractivity (Wildman–Crippen MR) is 137 cm³/mol. The first kappa shape index (κ1) is 19.0. The number of fused-ring (bicyclic) bond motifs is 7. The van der Waals surface area contributed by atoms with Gasteiger partial charge in [0.05, 0.1) is 23.2 Å². The zero-order valence-corrected chi connectivity index (χ0v) is 19.1. The Labute approximate surface area is 194 Å². The molecule has 0 amide bonds. The molecule has 0 radical (unpaired) electrons. The van der Waals surface area contributed by atoms with Gasteiger partial charge in [0, 0.05) is 35.2 Å². The summed E-state index contributed by atoms with van der Waals surface area (Å²) in [4.78, 5) is 5.28. The smallest absolute Gasteiger partial charge is 0.0803 e. The topological polar surface area (TPSA) is 11.4 Å². The molecule has 3 atom stereocenters. The average molecular weight is 430 g/mol. The highest BCUT2D eigenvalue weighted by Crippen LogP contribution is 2.45. The second kappa shape index (κ2) is 6.97. The molecule has 5 aromatic rings. The molecule has 2 aliphatic heterocycles. The molecule has 3 heteroatoms. The number of benzene rings is 4. The molecule has 4 aromatic carbocycles. The predicted octanol–water partition coefficient (Wildman–Crippen LogP) is 6.82. The van der Waals surface area contributed by atoms with Crippen LogP contribution in [0, 0.1) is 6.92 Å². The number of aromatic nitrogens is 1. The normalized spacial score (nSPS) is 21.6. The number of para-hydroxylation sites is 2. The third-order valence-corrected chi connectivity index (χ3v) is 7.74. The van der Waals surface area contributed by atoms with Crippen molar-refractivity contribution in [1.82, 2.24) is 9.47 Å². The van der Waals surface area contributed by atoms with Gasteiger partial charge in [-0.2, -0.15) is 0 Å². The van der Waals surface area contributed by atoms with Crippen LogP contribution in [-0.4, -0.2) is 22.2 Å². The van der Waals surface area contributed by atoms with E-state index in [1.165, 1.54) is 49.9 Å². The maximum Gasteiger partial charge on any atom is 0.0803 e. The maximum atomic E-state index is 2.66. The van der Waals surface area contributed by atoms with Crippen LogP contribution in [0.25, 0.3) is 27.5 Å². The van der Waals surface area contributed by atoms with Gasteiger partial charge in [-0.15, -0.1) is 0 Å². The van der Waals surface area contributed by atoms with Gasteiger partial charge in [0.2, 0.25) is 0 Å². The van der Waals surface area contributed by atoms with Gasteiger partial charge in [0.1, 0.15) is 0 Å². The molecule has 3 nitrogen and oxygen atoms in total. The van der Waals surface area contributed by atoms with Gasteiger partial charge in [-0.1, -0.05) is 60.7 Å². The average Bonchev–Trinajstić information content (AvgIpc) is 3.30. The first-order valence-corrected chi connectivity index (χ1v) is 11.9. The van der Waals surface area contributed by atoms with E-state index in [0.29, 0.717) is 12.2 Å². The van der Waals surface area contributed by atoms with Crippen molar-refractivity contribution in [1.29, 1.82) is 0 Å². The van der Waals surface area contributed by atoms with Crippen LogP contribution in [-0.2, 0) is 6.54 Å². The molecule has 3 heterocycles. The lowest BCUT2D eigenvalue weighted by atomic mass is 9.96. The van der Waals surface area contributed by atoms with Gasteiger partial charge in [-0.25, -0.2) is 0 Å². The number of rotatable bonds is 2. The quantitative estimate of drug-likeness (QED) is 0.305. The number of hydrogen-bond donors (Lipinski definition) is 0. The molecule has 0 spiro atoms. The first-order valence-electron chi connectivity index (χ1n) is 11.9. The Morgan fingerprint density at radius 3 is 2.39 bits per heavy atom. The van der Waals surface area contributed by atoms with Gasteiger partial charge in [0.25, 0.3) is 0 Å². The Morgan fingerprint density at radius 1 is 0.758 bits per heavy atom. The van der Waals surface area contributed by atoms with Crippen LogP contribution in [0.2, 0.25) is 0 Å². The second-order valence-electron chi connectivity index (χ2n) is 9.53. The molecule has 2 aliphatic rings. The molecule has 1 aromatic heterocycles. The van der Waals surface area contributed by atoms with Gasteiger partial charge >= 0.3 is 0 Å². The van der Waals surface area contributed by atoms with Crippen LogP contribution < -0.4 is 4.90 Å². The zero-order valence-electron chi connectivity index (χ0n) is 19.1. The fourth-order valence-electron chi connectivity index (χ4n) is 6.18. The minimum absolute atomic E-state index is 0.376. The summed E-state index contributed by atoms with van der Waals surface area (Å²) in [6.07, 6.45) is 0.376. The summed E-state index contributed by atoms with van der Waals surface area (Å²) in [6.45, 7) is 6.78. The highest BCUT2D eigenvalue weighted by atomic mass is 15.4. The Balaban J connectivity index is 1.47. The largest absolute Gasteiger partial charge is 0.347 e. The molecule has 0 aliphatic carbocycles. The molecule has 2 bridgehead atoms. The molecular weight excluding hydrogens is 402 g/mol. The lowest BCUT2D eigenvalue weighted by Crippen LogP contribution is -2.35. The minimum atomic E-state index is 0.376. The van der Waals surface area contributed by atoms with E-state index in [-0.39, 0.29) is 0 Å². The van der Waals surface area contributed by atoms with Crippen LogP contribution in [0.5, 0.6) is 0 Å². The van der Waals surface area contributed by atoms with E-state index in [2.05, 4.69) is 119 Å². The van der Waals surface area contributed by atoms with Crippen LogP contribution in [0.3, 0.4) is 0 Å². The summed E-state index contributed by atoms with van der Waals surface area (Å²) in [6, 6.07) is 33.8. The van der Waals surface area contributed by atoms with E-state index >= 15 is 0 Å². The monoisotopic (exact) mass is 429 g/mol. The van der Waals surface area contributed by atoms with Gasteiger partial charge in [-0.3, -0.25) is 4.90 Å². The second-order valence-corrected chi connectivity index (χ2v) is 9.53. The van der Waals surface area contributed by atoms with Crippen LogP contribution in [0.1, 0.15) is 29.7 Å². The van der Waals surface area contributed by atoms with E-state index in [9.17, 15) is 0 Å². The Morgan fingerprint density at radius 2 is 1.52 bits per heavy atom. The van der Waals surface area contributed by atoms with Crippen molar-refractivity contribution in [3.8, 4) is 5.69 Å². The van der Waals surface area contributed by atoms with Crippen molar-refractivity contribution < 1.29 is 0 Å². The van der Waals surface area contributed by atoms with E-state index in [0.717, 1.165) is 13.1 Å². The molecule has 33 heavy (non-hydrogen) atoms. The zero-order chi connectivity index (χ0) is 22.1. The fraction of sp³-hybridized carbons (Fsp3) is 0.200. The van der Waals surface area contributed by atoms with E-state index < -0.39 is 0 Å².